The molecule has 0 atom stereocenters. The van der Waals surface area contributed by atoms with E-state index >= 15 is 0 Å². The smallest absolute Gasteiger partial charge is 0.274 e. The van der Waals surface area contributed by atoms with Crippen molar-refractivity contribution in [3.63, 3.8) is 0 Å². The van der Waals surface area contributed by atoms with Crippen LogP contribution in [0.2, 0.25) is 0 Å². The fourth-order valence-electron chi connectivity index (χ4n) is 3.03. The topological polar surface area (TPSA) is 139 Å². The molecule has 0 saturated heterocycles. The van der Waals surface area contributed by atoms with Gasteiger partial charge in [-0.25, -0.2) is 18.9 Å². The molecule has 0 radical (unpaired) electrons. The van der Waals surface area contributed by atoms with Crippen LogP contribution in [-0.4, -0.2) is 39.3 Å². The average molecular weight is 450 g/mol. The van der Waals surface area contributed by atoms with Crippen molar-refractivity contribution in [3.05, 3.63) is 78.9 Å². The molecule has 0 aliphatic rings. The van der Waals surface area contributed by atoms with Gasteiger partial charge in [-0.3, -0.25) is 24.4 Å². The van der Waals surface area contributed by atoms with Crippen molar-refractivity contribution in [3.8, 4) is 22.4 Å². The number of anilines is 1. The Morgan fingerprint density at radius 2 is 1.78 bits per heavy atom. The molecule has 1 aromatic carbocycles. The van der Waals surface area contributed by atoms with Gasteiger partial charge in [0, 0.05) is 36.8 Å². The minimum Gasteiger partial charge on any atom is -0.288 e. The SMILES string of the molecule is Cn1cc(S(=O)(=O)Nc2cc(C(=O)NO)cc(-c3ccc(-c4cccnc4)cc3)n2)cn1. The van der Waals surface area contributed by atoms with E-state index in [1.165, 1.54) is 29.2 Å². The molecular formula is C21H18N6O4S. The van der Waals surface area contributed by atoms with E-state index in [-0.39, 0.29) is 16.3 Å². The van der Waals surface area contributed by atoms with Gasteiger partial charge >= 0.3 is 0 Å². The molecule has 162 valence electrons. The number of hydroxylamine groups is 1. The summed E-state index contributed by atoms with van der Waals surface area (Å²) in [6.07, 6.45) is 5.97. The van der Waals surface area contributed by atoms with Gasteiger partial charge < -0.3 is 0 Å². The van der Waals surface area contributed by atoms with Crippen molar-refractivity contribution in [1.29, 1.82) is 0 Å². The zero-order valence-corrected chi connectivity index (χ0v) is 17.6. The lowest BCUT2D eigenvalue weighted by molar-refractivity contribution is 0.0706. The maximum Gasteiger partial charge on any atom is 0.274 e. The molecule has 3 aromatic heterocycles. The first kappa shape index (κ1) is 21.2. The first-order chi connectivity index (χ1) is 15.4. The summed E-state index contributed by atoms with van der Waals surface area (Å²) >= 11 is 0. The quantitative estimate of drug-likeness (QED) is 0.303. The Kier molecular flexibility index (Phi) is 5.67. The number of carbonyl (C=O) groups excluding carboxylic acids is 1. The lowest BCUT2D eigenvalue weighted by Crippen LogP contribution is -2.20. The molecule has 32 heavy (non-hydrogen) atoms. The second-order valence-electron chi connectivity index (χ2n) is 6.84. The van der Waals surface area contributed by atoms with Gasteiger partial charge in [-0.15, -0.1) is 0 Å². The van der Waals surface area contributed by atoms with Gasteiger partial charge in [0.2, 0.25) is 0 Å². The molecule has 11 heteroatoms. The minimum atomic E-state index is -3.98. The number of benzene rings is 1. The van der Waals surface area contributed by atoms with E-state index in [1.807, 2.05) is 24.3 Å². The molecule has 0 unspecified atom stereocenters. The number of hydrogen-bond acceptors (Lipinski definition) is 7. The van der Waals surface area contributed by atoms with Crippen LogP contribution < -0.4 is 10.2 Å². The molecule has 0 spiro atoms. The number of rotatable bonds is 6. The van der Waals surface area contributed by atoms with Gasteiger partial charge in [0.1, 0.15) is 10.7 Å². The summed E-state index contributed by atoms with van der Waals surface area (Å²) in [5, 5.41) is 12.9. The third kappa shape index (κ3) is 4.48. The normalized spacial score (nSPS) is 11.2. The van der Waals surface area contributed by atoms with Gasteiger partial charge in [-0.2, -0.15) is 5.10 Å². The van der Waals surface area contributed by atoms with Crippen LogP contribution in [0, 0.1) is 0 Å². The van der Waals surface area contributed by atoms with Crippen LogP contribution in [0.5, 0.6) is 0 Å². The maximum absolute atomic E-state index is 12.7. The van der Waals surface area contributed by atoms with E-state index in [9.17, 15) is 13.2 Å². The van der Waals surface area contributed by atoms with Crippen molar-refractivity contribution >= 4 is 21.7 Å². The van der Waals surface area contributed by atoms with E-state index in [2.05, 4.69) is 19.8 Å². The molecule has 0 bridgehead atoms. The largest absolute Gasteiger partial charge is 0.288 e. The van der Waals surface area contributed by atoms with Crippen LogP contribution in [-0.2, 0) is 17.1 Å². The molecular weight excluding hydrogens is 432 g/mol. The Hall–Kier alpha value is -4.09. The van der Waals surface area contributed by atoms with Gasteiger partial charge in [0.05, 0.1) is 11.9 Å². The lowest BCUT2D eigenvalue weighted by Gasteiger charge is -2.11. The molecule has 0 aliphatic heterocycles. The second kappa shape index (κ2) is 8.57. The molecule has 10 nitrogen and oxygen atoms in total. The van der Waals surface area contributed by atoms with Crippen molar-refractivity contribution in [2.45, 2.75) is 4.90 Å². The van der Waals surface area contributed by atoms with Crippen molar-refractivity contribution in [1.82, 2.24) is 25.2 Å². The van der Waals surface area contributed by atoms with Gasteiger partial charge in [-0.1, -0.05) is 30.3 Å². The molecule has 0 saturated carbocycles. The van der Waals surface area contributed by atoms with Gasteiger partial charge in [-0.05, 0) is 29.3 Å². The molecule has 1 amide bonds. The van der Waals surface area contributed by atoms with Crippen LogP contribution in [0.3, 0.4) is 0 Å². The van der Waals surface area contributed by atoms with E-state index in [4.69, 9.17) is 5.21 Å². The highest BCUT2D eigenvalue weighted by Gasteiger charge is 2.19. The van der Waals surface area contributed by atoms with Crippen LogP contribution in [0.15, 0.2) is 78.2 Å². The first-order valence-corrected chi connectivity index (χ1v) is 10.8. The van der Waals surface area contributed by atoms with Crippen molar-refractivity contribution < 1.29 is 18.4 Å². The summed E-state index contributed by atoms with van der Waals surface area (Å²) < 4.78 is 29.0. The zero-order chi connectivity index (χ0) is 22.7. The van der Waals surface area contributed by atoms with Gasteiger partial charge in [0.15, 0.2) is 0 Å². The summed E-state index contributed by atoms with van der Waals surface area (Å²) in [5.74, 6) is -0.885. The number of sulfonamides is 1. The summed E-state index contributed by atoms with van der Waals surface area (Å²) in [6.45, 7) is 0. The average Bonchev–Trinajstić information content (AvgIpc) is 3.26. The summed E-state index contributed by atoms with van der Waals surface area (Å²) in [5.41, 5.74) is 4.43. The second-order valence-corrected chi connectivity index (χ2v) is 8.52. The highest BCUT2D eigenvalue weighted by atomic mass is 32.2. The number of aryl methyl sites for hydroxylation is 1. The predicted octanol–water partition coefficient (Wildman–Crippen LogP) is 2.46. The Bertz CT molecular complexity index is 1370. The number of carbonyl (C=O) groups is 1. The number of nitrogens with zero attached hydrogens (tertiary/aromatic N) is 4. The monoisotopic (exact) mass is 450 g/mol. The number of pyridine rings is 2. The number of nitrogens with one attached hydrogen (secondary N) is 2. The summed E-state index contributed by atoms with van der Waals surface area (Å²) in [4.78, 5) is 20.4. The molecule has 0 fully saturated rings. The fraction of sp³-hybridized carbons (Fsp3) is 0.0476. The molecule has 0 aliphatic carbocycles. The Morgan fingerprint density at radius 1 is 1.03 bits per heavy atom. The third-order valence-electron chi connectivity index (χ3n) is 4.60. The maximum atomic E-state index is 12.7. The third-order valence-corrected chi connectivity index (χ3v) is 5.90. The van der Waals surface area contributed by atoms with Crippen LogP contribution in [0.4, 0.5) is 5.82 Å². The molecule has 3 N–H and O–H groups in total. The summed E-state index contributed by atoms with van der Waals surface area (Å²) in [7, 11) is -2.39. The summed E-state index contributed by atoms with van der Waals surface area (Å²) in [6, 6.07) is 13.8. The van der Waals surface area contributed by atoms with E-state index in [0.717, 1.165) is 11.1 Å². The van der Waals surface area contributed by atoms with E-state index in [0.29, 0.717) is 11.3 Å². The Morgan fingerprint density at radius 3 is 2.41 bits per heavy atom. The first-order valence-electron chi connectivity index (χ1n) is 9.34. The predicted molar refractivity (Wildman–Crippen MR) is 116 cm³/mol. The number of amides is 1. The lowest BCUT2D eigenvalue weighted by atomic mass is 10.0. The highest BCUT2D eigenvalue weighted by molar-refractivity contribution is 7.92. The van der Waals surface area contributed by atoms with Crippen molar-refractivity contribution in [2.75, 3.05) is 4.72 Å². The number of hydrogen-bond donors (Lipinski definition) is 3. The zero-order valence-electron chi connectivity index (χ0n) is 16.8. The van der Waals surface area contributed by atoms with Crippen LogP contribution in [0.25, 0.3) is 22.4 Å². The van der Waals surface area contributed by atoms with Crippen LogP contribution in [0.1, 0.15) is 10.4 Å². The van der Waals surface area contributed by atoms with E-state index < -0.39 is 15.9 Å². The number of aromatic nitrogens is 4. The molecule has 4 rings (SSSR count). The standard InChI is InChI=1S/C21H18N6O4S/c1-27-13-18(12-23-27)32(30,31)26-20-10-17(21(28)25-29)9-19(24-20)15-6-4-14(5-7-15)16-3-2-8-22-11-16/h2-13,29H,1H3,(H,24,26)(H,25,28). The minimum absolute atomic E-state index is 0.0257. The Balaban J connectivity index is 1.71. The van der Waals surface area contributed by atoms with E-state index in [1.54, 1.807) is 37.1 Å². The Labute approximate surface area is 183 Å². The fourth-order valence-corrected chi connectivity index (χ4v) is 4.00. The highest BCUT2D eigenvalue weighted by Crippen LogP contribution is 2.26. The van der Waals surface area contributed by atoms with Gasteiger partial charge in [0.25, 0.3) is 15.9 Å². The molecule has 4 aromatic rings. The van der Waals surface area contributed by atoms with Crippen molar-refractivity contribution in [2.24, 2.45) is 7.05 Å². The molecule has 3 heterocycles. The van der Waals surface area contributed by atoms with Crippen LogP contribution >= 0.6 is 0 Å².